The molecule has 0 heterocycles. The molecule has 0 fully saturated rings. The molecular formula is C41H60O3. The molecule has 1 unspecified atom stereocenters. The maximum Gasteiger partial charge on any atom is 0.143 e. The topological polar surface area (TPSA) is 27.7 Å². The quantitative estimate of drug-likeness (QED) is 0.0677. The molecule has 3 nitrogen and oxygen atoms in total. The Balaban J connectivity index is 1.39. The van der Waals surface area contributed by atoms with Crippen molar-refractivity contribution in [3.8, 4) is 0 Å². The van der Waals surface area contributed by atoms with E-state index in [2.05, 4.69) is 97.9 Å². The first-order valence-corrected chi connectivity index (χ1v) is 17.7. The van der Waals surface area contributed by atoms with Crippen molar-refractivity contribution in [2.75, 3.05) is 26.9 Å². The van der Waals surface area contributed by atoms with Crippen LogP contribution in [0.2, 0.25) is 0 Å². The van der Waals surface area contributed by atoms with Gasteiger partial charge in [0.25, 0.3) is 0 Å². The van der Waals surface area contributed by atoms with Gasteiger partial charge in [0, 0.05) is 13.7 Å². The number of hydrogen-bond donors (Lipinski definition) is 0. The van der Waals surface area contributed by atoms with Crippen molar-refractivity contribution in [1.82, 2.24) is 0 Å². The van der Waals surface area contributed by atoms with Crippen LogP contribution in [0.1, 0.15) is 126 Å². The van der Waals surface area contributed by atoms with E-state index in [1.807, 2.05) is 0 Å². The number of rotatable bonds is 26. The van der Waals surface area contributed by atoms with E-state index in [1.54, 1.807) is 7.11 Å². The maximum atomic E-state index is 6.98. The molecule has 0 aliphatic heterocycles. The average Bonchev–Trinajstić information content (AvgIpc) is 3.08. The van der Waals surface area contributed by atoms with Gasteiger partial charge in [0.2, 0.25) is 0 Å². The number of unbranched alkanes of at least 4 members (excludes halogenated alkanes) is 15. The van der Waals surface area contributed by atoms with E-state index in [0.29, 0.717) is 13.2 Å². The van der Waals surface area contributed by atoms with Crippen LogP contribution in [-0.4, -0.2) is 33.0 Å². The molecule has 0 spiro atoms. The molecular weight excluding hydrogens is 540 g/mol. The predicted molar refractivity (Wildman–Crippen MR) is 186 cm³/mol. The summed E-state index contributed by atoms with van der Waals surface area (Å²) < 4.78 is 18.9. The molecule has 3 heteroatoms. The van der Waals surface area contributed by atoms with Crippen molar-refractivity contribution in [2.45, 2.75) is 121 Å². The molecule has 3 aromatic carbocycles. The molecule has 1 atom stereocenters. The molecule has 0 N–H and O–H groups in total. The fraction of sp³-hybridized carbons (Fsp3) is 0.561. The van der Waals surface area contributed by atoms with Crippen LogP contribution in [0.4, 0.5) is 0 Å². The van der Waals surface area contributed by atoms with Gasteiger partial charge < -0.3 is 14.2 Å². The molecule has 242 valence electrons. The van der Waals surface area contributed by atoms with Crippen LogP contribution in [0.25, 0.3) is 0 Å². The molecule has 0 aliphatic rings. The van der Waals surface area contributed by atoms with Crippen molar-refractivity contribution >= 4 is 0 Å². The van der Waals surface area contributed by atoms with Crippen LogP contribution >= 0.6 is 0 Å². The first-order valence-electron chi connectivity index (χ1n) is 17.7. The van der Waals surface area contributed by atoms with Gasteiger partial charge in [-0.3, -0.25) is 0 Å². The highest BCUT2D eigenvalue weighted by Gasteiger charge is 2.38. The van der Waals surface area contributed by atoms with Crippen LogP contribution < -0.4 is 0 Å². The minimum Gasteiger partial charge on any atom is -0.382 e. The minimum atomic E-state index is -0.743. The van der Waals surface area contributed by atoms with E-state index in [4.69, 9.17) is 14.2 Å². The van der Waals surface area contributed by atoms with Gasteiger partial charge in [0.15, 0.2) is 0 Å². The van der Waals surface area contributed by atoms with E-state index in [0.717, 1.165) is 29.7 Å². The van der Waals surface area contributed by atoms with E-state index < -0.39 is 5.60 Å². The third-order valence-electron chi connectivity index (χ3n) is 8.73. The summed E-state index contributed by atoms with van der Waals surface area (Å²) in [5.41, 5.74) is 2.57. The summed E-state index contributed by atoms with van der Waals surface area (Å²) in [6, 6.07) is 31.6. The van der Waals surface area contributed by atoms with Gasteiger partial charge in [-0.05, 0) is 23.1 Å². The van der Waals surface area contributed by atoms with Crippen LogP contribution in [0.15, 0.2) is 91.0 Å². The third kappa shape index (κ3) is 12.9. The molecule has 0 aliphatic carbocycles. The van der Waals surface area contributed by atoms with E-state index in [1.165, 1.54) is 96.3 Å². The van der Waals surface area contributed by atoms with Gasteiger partial charge in [0.05, 0.1) is 13.2 Å². The van der Waals surface area contributed by atoms with Crippen molar-refractivity contribution in [1.29, 1.82) is 0 Å². The summed E-state index contributed by atoms with van der Waals surface area (Å²) in [6.45, 7) is 3.98. The standard InChI is InChI=1S/C41H60O3/c1-3-4-5-6-7-8-9-10-11-12-13-14-15-16-17-27-34-43-40(35-42-2)36-44-41(37-28-21-18-22-29-37,38-30-23-19-24-31-38)39-32-25-20-26-33-39/h18-26,28-33,40H,3-17,27,34-36H2,1-2H3. The molecule has 0 radical (unpaired) electrons. The van der Waals surface area contributed by atoms with Crippen molar-refractivity contribution in [3.63, 3.8) is 0 Å². The van der Waals surface area contributed by atoms with Gasteiger partial charge in [-0.1, -0.05) is 194 Å². The lowest BCUT2D eigenvalue weighted by Crippen LogP contribution is -2.37. The number of benzene rings is 3. The SMILES string of the molecule is CCCCCCCCCCCCCCCCCCOC(COC)COC(c1ccccc1)(c1ccccc1)c1ccccc1. The lowest BCUT2D eigenvalue weighted by atomic mass is 9.80. The zero-order valence-corrected chi connectivity index (χ0v) is 27.9. The Morgan fingerprint density at radius 2 is 0.841 bits per heavy atom. The van der Waals surface area contributed by atoms with Crippen molar-refractivity contribution < 1.29 is 14.2 Å². The lowest BCUT2D eigenvalue weighted by Gasteiger charge is -2.37. The number of ether oxygens (including phenoxy) is 3. The van der Waals surface area contributed by atoms with Crippen LogP contribution in [0.5, 0.6) is 0 Å². The minimum absolute atomic E-state index is 0.133. The average molecular weight is 601 g/mol. The largest absolute Gasteiger partial charge is 0.382 e. The highest BCUT2D eigenvalue weighted by molar-refractivity contribution is 5.47. The Kier molecular flexibility index (Phi) is 18.8. The van der Waals surface area contributed by atoms with Gasteiger partial charge in [-0.2, -0.15) is 0 Å². The van der Waals surface area contributed by atoms with E-state index in [9.17, 15) is 0 Å². The summed E-state index contributed by atoms with van der Waals surface area (Å²) in [5.74, 6) is 0. The van der Waals surface area contributed by atoms with E-state index in [-0.39, 0.29) is 6.10 Å². The molecule has 0 bridgehead atoms. The first-order chi connectivity index (χ1) is 21.8. The fourth-order valence-electron chi connectivity index (χ4n) is 6.22. The second-order valence-corrected chi connectivity index (χ2v) is 12.3. The van der Waals surface area contributed by atoms with Crippen LogP contribution in [0, 0.1) is 0 Å². The summed E-state index contributed by atoms with van der Waals surface area (Å²) in [4.78, 5) is 0. The molecule has 44 heavy (non-hydrogen) atoms. The molecule has 0 saturated carbocycles. The Bertz CT molecular complexity index is 956. The highest BCUT2D eigenvalue weighted by atomic mass is 16.6. The van der Waals surface area contributed by atoms with Gasteiger partial charge in [-0.15, -0.1) is 0 Å². The lowest BCUT2D eigenvalue weighted by molar-refractivity contribution is -0.0867. The zero-order chi connectivity index (χ0) is 31.0. The second-order valence-electron chi connectivity index (χ2n) is 12.3. The molecule has 3 rings (SSSR count). The van der Waals surface area contributed by atoms with Crippen LogP contribution in [0.3, 0.4) is 0 Å². The molecule has 0 amide bonds. The summed E-state index contributed by atoms with van der Waals surface area (Å²) in [5, 5.41) is 0. The Morgan fingerprint density at radius 1 is 0.477 bits per heavy atom. The second kappa shape index (κ2) is 23.0. The number of methoxy groups -OCH3 is 1. The van der Waals surface area contributed by atoms with Crippen molar-refractivity contribution in [2.24, 2.45) is 0 Å². The Labute approximate surface area is 269 Å². The first kappa shape index (κ1) is 36.0. The third-order valence-corrected chi connectivity index (χ3v) is 8.73. The van der Waals surface area contributed by atoms with Gasteiger partial charge in [0.1, 0.15) is 11.7 Å². The van der Waals surface area contributed by atoms with E-state index >= 15 is 0 Å². The zero-order valence-electron chi connectivity index (χ0n) is 27.9. The summed E-state index contributed by atoms with van der Waals surface area (Å²) in [7, 11) is 1.74. The predicted octanol–water partition coefficient (Wildman–Crippen LogP) is 11.3. The van der Waals surface area contributed by atoms with Crippen LogP contribution in [-0.2, 0) is 19.8 Å². The maximum absolute atomic E-state index is 6.98. The van der Waals surface area contributed by atoms with Gasteiger partial charge in [-0.25, -0.2) is 0 Å². The monoisotopic (exact) mass is 600 g/mol. The van der Waals surface area contributed by atoms with Crippen molar-refractivity contribution in [3.05, 3.63) is 108 Å². The molecule has 0 aromatic heterocycles. The molecule has 3 aromatic rings. The summed E-state index contributed by atoms with van der Waals surface area (Å²) >= 11 is 0. The fourth-order valence-corrected chi connectivity index (χ4v) is 6.22. The smallest absolute Gasteiger partial charge is 0.143 e. The Hall–Kier alpha value is -2.46. The number of hydrogen-bond acceptors (Lipinski definition) is 3. The normalized spacial score (nSPS) is 12.4. The molecule has 0 saturated heterocycles. The van der Waals surface area contributed by atoms with Gasteiger partial charge >= 0.3 is 0 Å². The highest BCUT2D eigenvalue weighted by Crippen LogP contribution is 2.40. The Morgan fingerprint density at radius 3 is 1.20 bits per heavy atom. The summed E-state index contributed by atoms with van der Waals surface area (Å²) in [6.07, 6.45) is 21.8.